The Kier molecular flexibility index (Phi) is 3.22. The van der Waals surface area contributed by atoms with E-state index in [0.29, 0.717) is 5.92 Å². The Morgan fingerprint density at radius 1 is 1.67 bits per heavy atom. The Bertz CT molecular complexity index is 268. The zero-order chi connectivity index (χ0) is 8.97. The second-order valence-electron chi connectivity index (χ2n) is 2.68. The first-order valence-electron chi connectivity index (χ1n) is 3.74. The first-order valence-corrected chi connectivity index (χ1v) is 4.62. The van der Waals surface area contributed by atoms with Gasteiger partial charge in [0.15, 0.2) is 6.40 Å². The highest BCUT2D eigenvalue weighted by atomic mass is 32.1. The third-order valence-electron chi connectivity index (χ3n) is 1.37. The summed E-state index contributed by atoms with van der Waals surface area (Å²) in [5.41, 5.74) is 1.09. The lowest BCUT2D eigenvalue weighted by atomic mass is 10.2. The Hall–Kier alpha value is -0.900. The van der Waals surface area contributed by atoms with Crippen LogP contribution in [0, 0.1) is 0 Å². The minimum Gasteiger partial charge on any atom is -0.486 e. The first kappa shape index (κ1) is 9.19. The number of rotatable bonds is 3. The molecule has 0 N–H and O–H groups in total. The van der Waals surface area contributed by atoms with E-state index in [1.54, 1.807) is 7.11 Å². The second kappa shape index (κ2) is 4.21. The molecule has 0 radical (unpaired) electrons. The van der Waals surface area contributed by atoms with Crippen LogP contribution in [0.25, 0.3) is 0 Å². The van der Waals surface area contributed by atoms with Gasteiger partial charge in [0.2, 0.25) is 5.13 Å². The number of hydrogen-bond acceptors (Lipinski definition) is 4. The van der Waals surface area contributed by atoms with E-state index < -0.39 is 0 Å². The largest absolute Gasteiger partial charge is 0.486 e. The van der Waals surface area contributed by atoms with Crippen molar-refractivity contribution in [3.8, 4) is 0 Å². The van der Waals surface area contributed by atoms with Crippen molar-refractivity contribution in [3.63, 3.8) is 0 Å². The summed E-state index contributed by atoms with van der Waals surface area (Å²) in [6, 6.07) is 0. The van der Waals surface area contributed by atoms with E-state index >= 15 is 0 Å². The molecular weight excluding hydrogens is 172 g/mol. The molecule has 0 amide bonds. The van der Waals surface area contributed by atoms with Gasteiger partial charge in [0.25, 0.3) is 0 Å². The molecule has 0 unspecified atom stereocenters. The van der Waals surface area contributed by atoms with E-state index in [-0.39, 0.29) is 0 Å². The summed E-state index contributed by atoms with van der Waals surface area (Å²) in [4.78, 5) is 8.28. The highest BCUT2D eigenvalue weighted by Gasteiger charge is 2.03. The molecule has 3 nitrogen and oxygen atoms in total. The Balaban J connectivity index is 2.70. The number of thiazole rings is 1. The van der Waals surface area contributed by atoms with Crippen LogP contribution in [-0.2, 0) is 4.74 Å². The van der Waals surface area contributed by atoms with Gasteiger partial charge in [-0.05, 0) is 5.92 Å². The average molecular weight is 184 g/mol. The SMILES string of the molecule is COC=Nc1nc(C(C)C)cs1. The van der Waals surface area contributed by atoms with Crippen LogP contribution in [0.5, 0.6) is 0 Å². The van der Waals surface area contributed by atoms with Crippen molar-refractivity contribution in [2.45, 2.75) is 19.8 Å². The van der Waals surface area contributed by atoms with Crippen molar-refractivity contribution in [2.24, 2.45) is 4.99 Å². The van der Waals surface area contributed by atoms with Crippen LogP contribution in [-0.4, -0.2) is 18.5 Å². The molecular formula is C8H12N2OS. The fourth-order valence-corrected chi connectivity index (χ4v) is 1.51. The van der Waals surface area contributed by atoms with E-state index in [9.17, 15) is 0 Å². The standard InChI is InChI=1S/C8H12N2OS/c1-6(2)7-4-12-8(10-7)9-5-11-3/h4-6H,1-3H3. The zero-order valence-electron chi connectivity index (χ0n) is 7.44. The van der Waals surface area contributed by atoms with Gasteiger partial charge in [-0.1, -0.05) is 13.8 Å². The van der Waals surface area contributed by atoms with Gasteiger partial charge >= 0.3 is 0 Å². The monoisotopic (exact) mass is 184 g/mol. The van der Waals surface area contributed by atoms with Crippen LogP contribution in [0.2, 0.25) is 0 Å². The molecule has 1 aromatic heterocycles. The van der Waals surface area contributed by atoms with E-state index in [2.05, 4.69) is 23.8 Å². The summed E-state index contributed by atoms with van der Waals surface area (Å²) in [5, 5.41) is 2.77. The Labute approximate surface area is 76.1 Å². The summed E-state index contributed by atoms with van der Waals surface area (Å²) < 4.78 is 4.69. The Morgan fingerprint density at radius 2 is 2.42 bits per heavy atom. The van der Waals surface area contributed by atoms with Crippen LogP contribution in [0.1, 0.15) is 25.5 Å². The molecule has 1 rings (SSSR count). The summed E-state index contributed by atoms with van der Waals surface area (Å²) in [7, 11) is 1.57. The van der Waals surface area contributed by atoms with Crippen molar-refractivity contribution in [2.75, 3.05) is 7.11 Å². The quantitative estimate of drug-likeness (QED) is 0.534. The maximum absolute atomic E-state index is 4.69. The number of hydrogen-bond donors (Lipinski definition) is 0. The normalized spacial score (nSPS) is 11.3. The molecule has 0 atom stereocenters. The van der Waals surface area contributed by atoms with Crippen molar-refractivity contribution >= 4 is 22.9 Å². The Morgan fingerprint density at radius 3 is 2.92 bits per heavy atom. The van der Waals surface area contributed by atoms with Crippen molar-refractivity contribution in [1.82, 2.24) is 4.98 Å². The molecule has 0 saturated carbocycles. The number of aromatic nitrogens is 1. The van der Waals surface area contributed by atoms with E-state index in [1.807, 2.05) is 5.38 Å². The highest BCUT2D eigenvalue weighted by molar-refractivity contribution is 7.13. The molecule has 0 spiro atoms. The van der Waals surface area contributed by atoms with Gasteiger partial charge in [-0.2, -0.15) is 4.99 Å². The average Bonchev–Trinajstić information content (AvgIpc) is 2.48. The summed E-state index contributed by atoms with van der Waals surface area (Å²) in [5.74, 6) is 0.466. The molecule has 1 heterocycles. The molecule has 1 aromatic rings. The van der Waals surface area contributed by atoms with Gasteiger partial charge in [-0.3, -0.25) is 0 Å². The van der Waals surface area contributed by atoms with Gasteiger partial charge in [0.1, 0.15) is 0 Å². The van der Waals surface area contributed by atoms with Crippen LogP contribution in [0.3, 0.4) is 0 Å². The number of aliphatic imine (C=N–C) groups is 1. The molecule has 0 fully saturated rings. The molecule has 0 aliphatic rings. The molecule has 0 saturated heterocycles. The van der Waals surface area contributed by atoms with Gasteiger partial charge in [-0.25, -0.2) is 4.98 Å². The molecule has 66 valence electrons. The second-order valence-corrected chi connectivity index (χ2v) is 3.52. The van der Waals surface area contributed by atoms with Crippen molar-refractivity contribution in [3.05, 3.63) is 11.1 Å². The first-order chi connectivity index (χ1) is 5.74. The van der Waals surface area contributed by atoms with Crippen LogP contribution in [0.15, 0.2) is 10.4 Å². The predicted molar refractivity (Wildman–Crippen MR) is 51.4 cm³/mol. The molecule has 0 aromatic carbocycles. The molecule has 0 aliphatic carbocycles. The lowest BCUT2D eigenvalue weighted by Crippen LogP contribution is -1.85. The lowest BCUT2D eigenvalue weighted by molar-refractivity contribution is 0.423. The van der Waals surface area contributed by atoms with E-state index in [1.165, 1.54) is 17.7 Å². The summed E-state index contributed by atoms with van der Waals surface area (Å²) in [6.45, 7) is 4.22. The van der Waals surface area contributed by atoms with E-state index in [4.69, 9.17) is 4.74 Å². The maximum Gasteiger partial charge on any atom is 0.212 e. The van der Waals surface area contributed by atoms with Crippen LogP contribution < -0.4 is 0 Å². The molecule has 12 heavy (non-hydrogen) atoms. The third kappa shape index (κ3) is 2.30. The summed E-state index contributed by atoms with van der Waals surface area (Å²) >= 11 is 1.53. The van der Waals surface area contributed by atoms with Gasteiger partial charge < -0.3 is 4.74 Å². The minimum absolute atomic E-state index is 0.466. The van der Waals surface area contributed by atoms with Gasteiger partial charge in [0, 0.05) is 5.38 Å². The lowest BCUT2D eigenvalue weighted by Gasteiger charge is -1.95. The topological polar surface area (TPSA) is 34.5 Å². The van der Waals surface area contributed by atoms with Crippen LogP contribution in [0.4, 0.5) is 5.13 Å². The third-order valence-corrected chi connectivity index (χ3v) is 2.14. The molecule has 0 bridgehead atoms. The predicted octanol–water partition coefficient (Wildman–Crippen LogP) is 2.57. The van der Waals surface area contributed by atoms with Crippen molar-refractivity contribution in [1.29, 1.82) is 0 Å². The minimum atomic E-state index is 0.466. The fraction of sp³-hybridized carbons (Fsp3) is 0.500. The van der Waals surface area contributed by atoms with Crippen LogP contribution >= 0.6 is 11.3 Å². The van der Waals surface area contributed by atoms with E-state index in [0.717, 1.165) is 10.8 Å². The number of methoxy groups -OCH3 is 1. The fourth-order valence-electron chi connectivity index (χ4n) is 0.698. The van der Waals surface area contributed by atoms with Gasteiger partial charge in [-0.15, -0.1) is 11.3 Å². The maximum atomic E-state index is 4.69. The highest BCUT2D eigenvalue weighted by Crippen LogP contribution is 2.23. The molecule has 4 heteroatoms. The van der Waals surface area contributed by atoms with Crippen molar-refractivity contribution < 1.29 is 4.74 Å². The number of nitrogens with zero attached hydrogens (tertiary/aromatic N) is 2. The summed E-state index contributed by atoms with van der Waals surface area (Å²) in [6.07, 6.45) is 1.39. The molecule has 0 aliphatic heterocycles. The zero-order valence-corrected chi connectivity index (χ0v) is 8.26. The van der Waals surface area contributed by atoms with Gasteiger partial charge in [0.05, 0.1) is 12.8 Å². The number of ether oxygens (including phenoxy) is 1. The smallest absolute Gasteiger partial charge is 0.212 e.